The Morgan fingerprint density at radius 1 is 1.15 bits per heavy atom. The molecule has 0 spiro atoms. The molecule has 1 amide bonds. The number of ether oxygens (including phenoxy) is 1. The lowest BCUT2D eigenvalue weighted by Gasteiger charge is -2.18. The topological polar surface area (TPSA) is 98.5 Å². The zero-order chi connectivity index (χ0) is 20.0. The van der Waals surface area contributed by atoms with Crippen molar-refractivity contribution in [2.24, 2.45) is 0 Å². The number of carbonyl (C=O) groups is 2. The first-order chi connectivity index (χ1) is 12.8. The molecule has 0 saturated carbocycles. The summed E-state index contributed by atoms with van der Waals surface area (Å²) >= 11 is 0. The van der Waals surface area contributed by atoms with Gasteiger partial charge in [-0.15, -0.1) is 0 Å². The molecule has 0 aliphatic heterocycles. The highest BCUT2D eigenvalue weighted by Crippen LogP contribution is 2.26. The number of anilines is 1. The minimum atomic E-state index is -1.05. The van der Waals surface area contributed by atoms with Crippen molar-refractivity contribution in [3.05, 3.63) is 69.8 Å². The number of nitrogens with one attached hydrogen (secondary N) is 1. The molecule has 2 aromatic carbocycles. The van der Waals surface area contributed by atoms with Crippen LogP contribution in [0, 0.1) is 10.1 Å². The average molecular weight is 370 g/mol. The number of carbonyl (C=O) groups excluding carboxylic acids is 2. The van der Waals surface area contributed by atoms with Crippen molar-refractivity contribution in [2.75, 3.05) is 5.32 Å². The fourth-order valence-corrected chi connectivity index (χ4v) is 2.52. The monoisotopic (exact) mass is 370 g/mol. The third kappa shape index (κ3) is 5.13. The van der Waals surface area contributed by atoms with Crippen LogP contribution >= 0.6 is 0 Å². The van der Waals surface area contributed by atoms with E-state index in [4.69, 9.17) is 4.74 Å². The van der Waals surface area contributed by atoms with Gasteiger partial charge in [-0.1, -0.05) is 38.1 Å². The van der Waals surface area contributed by atoms with Crippen molar-refractivity contribution in [1.82, 2.24) is 0 Å². The molecule has 0 saturated heterocycles. The lowest BCUT2D eigenvalue weighted by Crippen LogP contribution is -2.30. The predicted molar refractivity (Wildman–Crippen MR) is 102 cm³/mol. The van der Waals surface area contributed by atoms with E-state index in [-0.39, 0.29) is 17.2 Å². The maximum atomic E-state index is 12.4. The molecule has 0 aliphatic carbocycles. The van der Waals surface area contributed by atoms with Crippen molar-refractivity contribution in [1.29, 1.82) is 0 Å². The van der Waals surface area contributed by atoms with E-state index in [1.165, 1.54) is 25.1 Å². The Morgan fingerprint density at radius 3 is 2.52 bits per heavy atom. The number of amides is 1. The predicted octanol–water partition coefficient (Wildman–Crippen LogP) is 4.29. The maximum Gasteiger partial charge on any atom is 0.339 e. The highest BCUT2D eigenvalue weighted by atomic mass is 16.6. The van der Waals surface area contributed by atoms with E-state index in [2.05, 4.69) is 19.2 Å². The van der Waals surface area contributed by atoms with Gasteiger partial charge in [0.25, 0.3) is 11.6 Å². The van der Waals surface area contributed by atoms with Crippen LogP contribution in [-0.2, 0) is 9.53 Å². The van der Waals surface area contributed by atoms with Gasteiger partial charge in [0.2, 0.25) is 0 Å². The molecular weight excluding hydrogens is 348 g/mol. The standard InChI is InChI=1S/C20H22N2O5/c1-4-13(2)17-10-5-6-11-18(17)21-19(23)14(3)27-20(24)15-8-7-9-16(12-15)22(25)26/h5-14H,4H2,1-3H3,(H,21,23)/t13-,14-/m0/s1. The minimum Gasteiger partial charge on any atom is -0.449 e. The fourth-order valence-electron chi connectivity index (χ4n) is 2.52. The van der Waals surface area contributed by atoms with E-state index >= 15 is 0 Å². The van der Waals surface area contributed by atoms with Crippen LogP contribution in [0.2, 0.25) is 0 Å². The Hall–Kier alpha value is -3.22. The van der Waals surface area contributed by atoms with E-state index in [0.29, 0.717) is 5.69 Å². The molecule has 0 fully saturated rings. The Kier molecular flexibility index (Phi) is 6.65. The largest absolute Gasteiger partial charge is 0.449 e. The van der Waals surface area contributed by atoms with Crippen LogP contribution < -0.4 is 5.32 Å². The summed E-state index contributed by atoms with van der Waals surface area (Å²) in [7, 11) is 0. The number of hydrogen-bond donors (Lipinski definition) is 1. The molecule has 0 aromatic heterocycles. The van der Waals surface area contributed by atoms with Crippen molar-refractivity contribution >= 4 is 23.3 Å². The molecule has 1 N–H and O–H groups in total. The summed E-state index contributed by atoms with van der Waals surface area (Å²) in [5, 5.41) is 13.6. The second kappa shape index (κ2) is 8.93. The summed E-state index contributed by atoms with van der Waals surface area (Å²) in [6, 6.07) is 12.7. The Labute approximate surface area is 157 Å². The van der Waals surface area contributed by atoms with Crippen LogP contribution in [-0.4, -0.2) is 22.9 Å². The van der Waals surface area contributed by atoms with Gasteiger partial charge in [-0.25, -0.2) is 4.79 Å². The molecule has 0 unspecified atom stereocenters. The van der Waals surface area contributed by atoms with E-state index in [0.717, 1.165) is 18.1 Å². The summed E-state index contributed by atoms with van der Waals surface area (Å²) < 4.78 is 5.16. The number of esters is 1. The van der Waals surface area contributed by atoms with Crippen LogP contribution in [0.4, 0.5) is 11.4 Å². The summed E-state index contributed by atoms with van der Waals surface area (Å²) in [6.45, 7) is 5.58. The van der Waals surface area contributed by atoms with Gasteiger partial charge in [-0.3, -0.25) is 14.9 Å². The molecule has 0 aliphatic rings. The number of rotatable bonds is 7. The zero-order valence-electron chi connectivity index (χ0n) is 15.5. The number of non-ortho nitro benzene ring substituents is 1. The smallest absolute Gasteiger partial charge is 0.339 e. The average Bonchev–Trinajstić information content (AvgIpc) is 2.67. The second-order valence-electron chi connectivity index (χ2n) is 6.24. The third-order valence-electron chi connectivity index (χ3n) is 4.31. The summed E-state index contributed by atoms with van der Waals surface area (Å²) in [5.41, 5.74) is 1.48. The highest BCUT2D eigenvalue weighted by Gasteiger charge is 2.21. The van der Waals surface area contributed by atoms with Gasteiger partial charge in [0.15, 0.2) is 6.10 Å². The van der Waals surface area contributed by atoms with Crippen LogP contribution in [0.3, 0.4) is 0 Å². The van der Waals surface area contributed by atoms with Crippen molar-refractivity contribution in [3.63, 3.8) is 0 Å². The normalized spacial score (nSPS) is 12.7. The molecule has 142 valence electrons. The van der Waals surface area contributed by atoms with E-state index in [9.17, 15) is 19.7 Å². The van der Waals surface area contributed by atoms with Crippen LogP contribution in [0.15, 0.2) is 48.5 Å². The fraction of sp³-hybridized carbons (Fsp3) is 0.300. The Bertz CT molecular complexity index is 850. The first-order valence-electron chi connectivity index (χ1n) is 8.68. The quantitative estimate of drug-likeness (QED) is 0.445. The van der Waals surface area contributed by atoms with Crippen LogP contribution in [0.5, 0.6) is 0 Å². The number of hydrogen-bond acceptors (Lipinski definition) is 5. The third-order valence-corrected chi connectivity index (χ3v) is 4.31. The molecule has 0 bridgehead atoms. The van der Waals surface area contributed by atoms with Gasteiger partial charge in [0.05, 0.1) is 10.5 Å². The summed E-state index contributed by atoms with van der Waals surface area (Å²) in [5.74, 6) is -0.995. The molecular formula is C20H22N2O5. The second-order valence-corrected chi connectivity index (χ2v) is 6.24. The first-order valence-corrected chi connectivity index (χ1v) is 8.68. The van der Waals surface area contributed by atoms with Gasteiger partial charge >= 0.3 is 5.97 Å². The van der Waals surface area contributed by atoms with Crippen LogP contribution in [0.25, 0.3) is 0 Å². The van der Waals surface area contributed by atoms with Gasteiger partial charge in [0, 0.05) is 17.8 Å². The number of benzene rings is 2. The van der Waals surface area contributed by atoms with E-state index in [1.54, 1.807) is 6.07 Å². The summed E-state index contributed by atoms with van der Waals surface area (Å²) in [4.78, 5) is 34.8. The Balaban J connectivity index is 2.07. The molecule has 0 heterocycles. The number of nitro groups is 1. The zero-order valence-corrected chi connectivity index (χ0v) is 15.5. The number of nitrogens with zero attached hydrogens (tertiary/aromatic N) is 1. The lowest BCUT2D eigenvalue weighted by atomic mass is 9.97. The number of para-hydroxylation sites is 1. The summed E-state index contributed by atoms with van der Waals surface area (Å²) in [6.07, 6.45) is -0.133. The minimum absolute atomic E-state index is 0.0175. The van der Waals surface area contributed by atoms with E-state index < -0.39 is 22.9 Å². The first kappa shape index (κ1) is 20.1. The van der Waals surface area contributed by atoms with Crippen molar-refractivity contribution in [2.45, 2.75) is 39.2 Å². The van der Waals surface area contributed by atoms with Gasteiger partial charge < -0.3 is 10.1 Å². The molecule has 7 nitrogen and oxygen atoms in total. The molecule has 27 heavy (non-hydrogen) atoms. The van der Waals surface area contributed by atoms with Crippen LogP contribution in [0.1, 0.15) is 49.0 Å². The molecule has 0 radical (unpaired) electrons. The lowest BCUT2D eigenvalue weighted by molar-refractivity contribution is -0.384. The molecule has 7 heteroatoms. The van der Waals surface area contributed by atoms with Gasteiger partial charge in [-0.05, 0) is 37.0 Å². The Morgan fingerprint density at radius 2 is 1.85 bits per heavy atom. The number of nitro benzene ring substituents is 1. The van der Waals surface area contributed by atoms with Crippen molar-refractivity contribution in [3.8, 4) is 0 Å². The highest BCUT2D eigenvalue weighted by molar-refractivity contribution is 5.98. The SMILES string of the molecule is CC[C@H](C)c1ccccc1NC(=O)[C@H](C)OC(=O)c1cccc([N+](=O)[O-])c1. The van der Waals surface area contributed by atoms with E-state index in [1.807, 2.05) is 18.2 Å². The van der Waals surface area contributed by atoms with Gasteiger partial charge in [0.1, 0.15) is 0 Å². The van der Waals surface area contributed by atoms with Gasteiger partial charge in [-0.2, -0.15) is 0 Å². The maximum absolute atomic E-state index is 12.4. The molecule has 2 rings (SSSR count). The van der Waals surface area contributed by atoms with Crippen molar-refractivity contribution < 1.29 is 19.2 Å². The molecule has 2 atom stereocenters. The molecule has 2 aromatic rings.